The Morgan fingerprint density at radius 2 is 2.16 bits per heavy atom. The van der Waals surface area contributed by atoms with E-state index in [1.807, 2.05) is 44.2 Å². The third-order valence-electron chi connectivity index (χ3n) is 3.03. The number of rotatable bonds is 3. The first kappa shape index (κ1) is 13.0. The fraction of sp³-hybridized carbons (Fsp3) is 0.267. The van der Waals surface area contributed by atoms with Crippen molar-refractivity contribution in [1.82, 2.24) is 4.98 Å². The van der Waals surface area contributed by atoms with E-state index in [-0.39, 0.29) is 11.8 Å². The van der Waals surface area contributed by atoms with Crippen molar-refractivity contribution in [3.05, 3.63) is 36.7 Å². The number of anilines is 1. The highest BCUT2D eigenvalue weighted by atomic mass is 16.1. The van der Waals surface area contributed by atoms with Crippen LogP contribution >= 0.6 is 0 Å². The Bertz CT molecular complexity index is 638. The molecule has 0 aliphatic carbocycles. The minimum atomic E-state index is -0.642. The standard InChI is InChI=1S/C15H15N3O/c1-10(2)13(8-16)15(19)18-14-5-3-4-11-9-17-7-6-12(11)14/h3-7,9-10,13H,1-2H3,(H,18,19). The fourth-order valence-corrected chi connectivity index (χ4v) is 1.95. The van der Waals surface area contributed by atoms with Crippen LogP contribution in [0.25, 0.3) is 10.8 Å². The zero-order valence-electron chi connectivity index (χ0n) is 10.9. The molecular weight excluding hydrogens is 238 g/mol. The van der Waals surface area contributed by atoms with Crippen LogP contribution in [0.2, 0.25) is 0 Å². The molecule has 96 valence electrons. The maximum Gasteiger partial charge on any atom is 0.242 e. The summed E-state index contributed by atoms with van der Waals surface area (Å²) in [7, 11) is 0. The highest BCUT2D eigenvalue weighted by Crippen LogP contribution is 2.23. The average Bonchev–Trinajstić information content (AvgIpc) is 2.39. The average molecular weight is 253 g/mol. The quantitative estimate of drug-likeness (QED) is 0.914. The summed E-state index contributed by atoms with van der Waals surface area (Å²) in [6.07, 6.45) is 3.43. The molecule has 1 N–H and O–H groups in total. The number of aromatic nitrogens is 1. The zero-order valence-corrected chi connectivity index (χ0v) is 10.9. The number of nitrogens with zero attached hydrogens (tertiary/aromatic N) is 2. The lowest BCUT2D eigenvalue weighted by molar-refractivity contribution is -0.119. The summed E-state index contributed by atoms with van der Waals surface area (Å²) in [6.45, 7) is 3.72. The molecule has 0 bridgehead atoms. The number of fused-ring (bicyclic) bond motifs is 1. The van der Waals surface area contributed by atoms with Gasteiger partial charge in [-0.1, -0.05) is 26.0 Å². The van der Waals surface area contributed by atoms with Gasteiger partial charge in [0.2, 0.25) is 5.91 Å². The van der Waals surface area contributed by atoms with Crippen LogP contribution in [0.1, 0.15) is 13.8 Å². The number of carbonyl (C=O) groups excluding carboxylic acids is 1. The first-order valence-electron chi connectivity index (χ1n) is 6.16. The van der Waals surface area contributed by atoms with Crippen LogP contribution in [0, 0.1) is 23.2 Å². The van der Waals surface area contributed by atoms with Crippen LogP contribution in [0.5, 0.6) is 0 Å². The van der Waals surface area contributed by atoms with E-state index in [4.69, 9.17) is 5.26 Å². The minimum Gasteiger partial charge on any atom is -0.324 e. The van der Waals surface area contributed by atoms with E-state index < -0.39 is 5.92 Å². The first-order valence-corrected chi connectivity index (χ1v) is 6.16. The Hall–Kier alpha value is -2.41. The first-order chi connectivity index (χ1) is 9.13. The SMILES string of the molecule is CC(C)C(C#N)C(=O)Nc1cccc2cnccc12. The molecule has 0 saturated heterocycles. The van der Waals surface area contributed by atoms with Gasteiger partial charge in [0.1, 0.15) is 5.92 Å². The highest BCUT2D eigenvalue weighted by Gasteiger charge is 2.22. The smallest absolute Gasteiger partial charge is 0.242 e. The van der Waals surface area contributed by atoms with E-state index in [2.05, 4.69) is 10.3 Å². The van der Waals surface area contributed by atoms with Gasteiger partial charge in [0.25, 0.3) is 0 Å². The maximum atomic E-state index is 12.1. The molecule has 1 atom stereocenters. The fourth-order valence-electron chi connectivity index (χ4n) is 1.95. The summed E-state index contributed by atoms with van der Waals surface area (Å²) >= 11 is 0. The van der Waals surface area contributed by atoms with Crippen molar-refractivity contribution in [2.75, 3.05) is 5.32 Å². The molecule has 19 heavy (non-hydrogen) atoms. The van der Waals surface area contributed by atoms with Gasteiger partial charge in [0.15, 0.2) is 0 Å². The number of benzene rings is 1. The van der Waals surface area contributed by atoms with E-state index in [0.717, 1.165) is 10.8 Å². The lowest BCUT2D eigenvalue weighted by atomic mass is 9.96. The Morgan fingerprint density at radius 3 is 2.84 bits per heavy atom. The van der Waals surface area contributed by atoms with Gasteiger partial charge in [-0.15, -0.1) is 0 Å². The lowest BCUT2D eigenvalue weighted by Gasteiger charge is -2.14. The molecule has 1 aromatic carbocycles. The highest BCUT2D eigenvalue weighted by molar-refractivity contribution is 6.03. The molecule has 0 saturated carbocycles. The second kappa shape index (κ2) is 5.49. The summed E-state index contributed by atoms with van der Waals surface area (Å²) < 4.78 is 0. The molecule has 1 amide bonds. The third-order valence-corrected chi connectivity index (χ3v) is 3.03. The van der Waals surface area contributed by atoms with Crippen LogP contribution < -0.4 is 5.32 Å². The minimum absolute atomic E-state index is 0.0124. The molecule has 0 spiro atoms. The van der Waals surface area contributed by atoms with Crippen molar-refractivity contribution in [2.24, 2.45) is 11.8 Å². The second-order valence-electron chi connectivity index (χ2n) is 4.74. The van der Waals surface area contributed by atoms with Crippen molar-refractivity contribution < 1.29 is 4.79 Å². The summed E-state index contributed by atoms with van der Waals surface area (Å²) in [5, 5.41) is 13.7. The molecule has 2 aromatic rings. The van der Waals surface area contributed by atoms with Crippen LogP contribution in [0.3, 0.4) is 0 Å². The predicted octanol–water partition coefficient (Wildman–Crippen LogP) is 2.97. The number of hydrogen-bond donors (Lipinski definition) is 1. The van der Waals surface area contributed by atoms with E-state index in [9.17, 15) is 4.79 Å². The van der Waals surface area contributed by atoms with Gasteiger partial charge in [0.05, 0.1) is 6.07 Å². The van der Waals surface area contributed by atoms with Crippen LogP contribution in [-0.4, -0.2) is 10.9 Å². The Morgan fingerprint density at radius 1 is 1.37 bits per heavy atom. The van der Waals surface area contributed by atoms with Crippen LogP contribution in [0.15, 0.2) is 36.7 Å². The molecule has 0 fully saturated rings. The summed E-state index contributed by atoms with van der Waals surface area (Å²) in [5.74, 6) is -0.916. The molecule has 0 aliphatic rings. The van der Waals surface area contributed by atoms with Crippen LogP contribution in [-0.2, 0) is 4.79 Å². The van der Waals surface area contributed by atoms with Crippen LogP contribution in [0.4, 0.5) is 5.69 Å². The van der Waals surface area contributed by atoms with Crippen molar-refractivity contribution in [1.29, 1.82) is 5.26 Å². The zero-order chi connectivity index (χ0) is 13.8. The third kappa shape index (κ3) is 2.71. The Kier molecular flexibility index (Phi) is 3.76. The van der Waals surface area contributed by atoms with Crippen molar-refractivity contribution in [3.8, 4) is 6.07 Å². The number of nitriles is 1. The van der Waals surface area contributed by atoms with Gasteiger partial charge in [-0.25, -0.2) is 0 Å². The monoisotopic (exact) mass is 253 g/mol. The molecule has 4 heteroatoms. The molecule has 4 nitrogen and oxygen atoms in total. The van der Waals surface area contributed by atoms with Gasteiger partial charge >= 0.3 is 0 Å². The molecule has 2 rings (SSSR count). The summed E-state index contributed by atoms with van der Waals surface area (Å²) in [5.41, 5.74) is 0.714. The number of carbonyl (C=O) groups is 1. The maximum absolute atomic E-state index is 12.1. The Labute approximate surface area is 112 Å². The normalized spacial score (nSPS) is 12.1. The van der Waals surface area contributed by atoms with Gasteiger partial charge < -0.3 is 5.32 Å². The summed E-state index contributed by atoms with van der Waals surface area (Å²) in [4.78, 5) is 16.1. The lowest BCUT2D eigenvalue weighted by Crippen LogP contribution is -2.25. The Balaban J connectivity index is 2.32. The number of amides is 1. The van der Waals surface area contributed by atoms with E-state index in [1.54, 1.807) is 12.4 Å². The molecule has 1 heterocycles. The molecule has 1 aromatic heterocycles. The molecule has 0 aliphatic heterocycles. The van der Waals surface area contributed by atoms with Crippen molar-refractivity contribution >= 4 is 22.4 Å². The van der Waals surface area contributed by atoms with Crippen molar-refractivity contribution in [2.45, 2.75) is 13.8 Å². The summed E-state index contributed by atoms with van der Waals surface area (Å²) in [6, 6.07) is 9.51. The largest absolute Gasteiger partial charge is 0.324 e. The molecule has 0 radical (unpaired) electrons. The van der Waals surface area contributed by atoms with E-state index in [0.29, 0.717) is 5.69 Å². The molecule has 1 unspecified atom stereocenters. The number of nitrogens with one attached hydrogen (secondary N) is 1. The van der Waals surface area contributed by atoms with Crippen molar-refractivity contribution in [3.63, 3.8) is 0 Å². The molecular formula is C15H15N3O. The second-order valence-corrected chi connectivity index (χ2v) is 4.74. The van der Waals surface area contributed by atoms with E-state index in [1.165, 1.54) is 0 Å². The van der Waals surface area contributed by atoms with E-state index >= 15 is 0 Å². The topological polar surface area (TPSA) is 65.8 Å². The van der Waals surface area contributed by atoms with Gasteiger partial charge in [0, 0.05) is 28.9 Å². The van der Waals surface area contributed by atoms with Gasteiger partial charge in [-0.05, 0) is 18.1 Å². The van der Waals surface area contributed by atoms with Gasteiger partial charge in [-0.2, -0.15) is 5.26 Å². The van der Waals surface area contributed by atoms with Gasteiger partial charge in [-0.3, -0.25) is 9.78 Å². The predicted molar refractivity (Wildman–Crippen MR) is 74.3 cm³/mol. The number of pyridine rings is 1. The number of hydrogen-bond acceptors (Lipinski definition) is 3.